The van der Waals surface area contributed by atoms with Crippen LogP contribution >= 0.6 is 0 Å². The van der Waals surface area contributed by atoms with E-state index >= 15 is 0 Å². The Bertz CT molecular complexity index is 903. The quantitative estimate of drug-likeness (QED) is 0.343. The lowest BCUT2D eigenvalue weighted by Crippen LogP contribution is -2.18. The van der Waals surface area contributed by atoms with Crippen molar-refractivity contribution < 1.29 is 39.6 Å². The molecule has 0 saturated carbocycles. The maximum Gasteiger partial charge on any atom is 0.307 e. The Hall–Kier alpha value is -3.42. The van der Waals surface area contributed by atoms with Crippen molar-refractivity contribution in [2.75, 3.05) is 0 Å². The van der Waals surface area contributed by atoms with Gasteiger partial charge in [-0.1, -0.05) is 36.4 Å². The molecule has 8 heteroatoms. The highest BCUT2D eigenvalue weighted by Gasteiger charge is 2.21. The summed E-state index contributed by atoms with van der Waals surface area (Å²) in [6.07, 6.45) is 2.08. The predicted octanol–water partition coefficient (Wildman–Crippen LogP) is 3.84. The second-order valence-electron chi connectivity index (χ2n) is 7.98. The van der Waals surface area contributed by atoms with Gasteiger partial charge in [-0.25, -0.2) is 0 Å². The zero-order valence-electron chi connectivity index (χ0n) is 17.7. The minimum Gasteiger partial charge on any atom is -0.481 e. The Morgan fingerprint density at radius 3 is 1.31 bits per heavy atom. The van der Waals surface area contributed by atoms with Crippen LogP contribution in [0.5, 0.6) is 0 Å². The van der Waals surface area contributed by atoms with E-state index in [-0.39, 0.29) is 12.8 Å². The second-order valence-corrected chi connectivity index (χ2v) is 7.98. The first-order chi connectivity index (χ1) is 15.2. The summed E-state index contributed by atoms with van der Waals surface area (Å²) in [4.78, 5) is 44.2. The standard InChI is InChI=1S/C24H28O8/c25-21(26)13-17(23(29)30)7-3-5-15-11-12-16(20-10-2-1-9-19(15)20)6-4-8-18(24(31)32)14-22(27)28/h1-2,9-12,17-18H,3-8,13-14H2,(H,25,26)(H,27,28)(H,29,30)(H,31,32). The molecule has 0 aliphatic carbocycles. The third-order valence-corrected chi connectivity index (χ3v) is 5.64. The molecule has 2 aromatic rings. The van der Waals surface area contributed by atoms with Gasteiger partial charge in [0.2, 0.25) is 0 Å². The Balaban J connectivity index is 2.07. The van der Waals surface area contributed by atoms with Gasteiger partial charge in [0, 0.05) is 0 Å². The summed E-state index contributed by atoms with van der Waals surface area (Å²) in [7, 11) is 0. The van der Waals surface area contributed by atoms with Gasteiger partial charge in [0.1, 0.15) is 0 Å². The van der Waals surface area contributed by atoms with E-state index in [1.54, 1.807) is 0 Å². The first kappa shape index (κ1) is 24.8. The average molecular weight is 444 g/mol. The molecule has 0 radical (unpaired) electrons. The van der Waals surface area contributed by atoms with Crippen LogP contribution in [0.1, 0.15) is 49.7 Å². The van der Waals surface area contributed by atoms with Gasteiger partial charge in [0.15, 0.2) is 0 Å². The van der Waals surface area contributed by atoms with E-state index in [0.717, 1.165) is 21.9 Å². The number of carboxylic acid groups (broad SMARTS) is 4. The average Bonchev–Trinajstić information content (AvgIpc) is 2.72. The largest absolute Gasteiger partial charge is 0.481 e. The molecule has 0 aromatic heterocycles. The third-order valence-electron chi connectivity index (χ3n) is 5.64. The number of carbonyl (C=O) groups is 4. The maximum atomic E-state index is 11.3. The van der Waals surface area contributed by atoms with Gasteiger partial charge >= 0.3 is 23.9 Å². The fraction of sp³-hybridized carbons (Fsp3) is 0.417. The van der Waals surface area contributed by atoms with Crippen molar-refractivity contribution in [3.8, 4) is 0 Å². The van der Waals surface area contributed by atoms with Gasteiger partial charge in [0.25, 0.3) is 0 Å². The molecule has 0 aliphatic heterocycles. The topological polar surface area (TPSA) is 149 Å². The van der Waals surface area contributed by atoms with E-state index in [1.807, 2.05) is 36.4 Å². The first-order valence-electron chi connectivity index (χ1n) is 10.6. The minimum absolute atomic E-state index is 0.276. The number of benzene rings is 2. The molecule has 0 bridgehead atoms. The number of aliphatic carboxylic acids is 4. The van der Waals surface area contributed by atoms with Gasteiger partial charge in [-0.2, -0.15) is 0 Å². The lowest BCUT2D eigenvalue weighted by atomic mass is 9.91. The Morgan fingerprint density at radius 1 is 0.625 bits per heavy atom. The van der Waals surface area contributed by atoms with Gasteiger partial charge in [-0.15, -0.1) is 0 Å². The molecular formula is C24H28O8. The van der Waals surface area contributed by atoms with Crippen molar-refractivity contribution in [1.82, 2.24) is 0 Å². The van der Waals surface area contributed by atoms with E-state index in [1.165, 1.54) is 0 Å². The molecule has 2 atom stereocenters. The lowest BCUT2D eigenvalue weighted by molar-refractivity contribution is -0.148. The normalized spacial score (nSPS) is 12.9. The highest BCUT2D eigenvalue weighted by Crippen LogP contribution is 2.27. The summed E-state index contributed by atoms with van der Waals surface area (Å²) in [6, 6.07) is 11.7. The van der Waals surface area contributed by atoms with E-state index in [2.05, 4.69) is 0 Å². The predicted molar refractivity (Wildman–Crippen MR) is 117 cm³/mol. The van der Waals surface area contributed by atoms with E-state index in [9.17, 15) is 29.4 Å². The van der Waals surface area contributed by atoms with Crippen molar-refractivity contribution in [2.24, 2.45) is 11.8 Å². The molecule has 0 heterocycles. The molecule has 2 unspecified atom stereocenters. The Kier molecular flexibility index (Phi) is 9.19. The second kappa shape index (κ2) is 11.8. The Morgan fingerprint density at radius 2 is 1.00 bits per heavy atom. The zero-order valence-corrected chi connectivity index (χ0v) is 17.7. The van der Waals surface area contributed by atoms with Crippen LogP contribution < -0.4 is 0 Å². The molecule has 2 aromatic carbocycles. The number of hydrogen-bond donors (Lipinski definition) is 4. The summed E-state index contributed by atoms with van der Waals surface area (Å²) in [5.74, 6) is -6.27. The SMILES string of the molecule is O=C(O)CC(CCCc1ccc(CCCC(CC(=O)O)C(=O)O)c2ccccc12)C(=O)O. The molecule has 4 N–H and O–H groups in total. The number of fused-ring (bicyclic) bond motifs is 1. The van der Waals surface area contributed by atoms with Crippen LogP contribution in [0.15, 0.2) is 36.4 Å². The summed E-state index contributed by atoms with van der Waals surface area (Å²) in [6.45, 7) is 0. The molecule has 2 rings (SSSR count). The zero-order chi connectivity index (χ0) is 23.7. The number of carboxylic acids is 4. The number of hydrogen-bond acceptors (Lipinski definition) is 4. The van der Waals surface area contributed by atoms with Gasteiger partial charge in [-0.05, 0) is 60.4 Å². The van der Waals surface area contributed by atoms with Crippen LogP contribution in [0.25, 0.3) is 10.8 Å². The van der Waals surface area contributed by atoms with E-state index in [4.69, 9.17) is 10.2 Å². The molecule has 0 saturated heterocycles. The molecule has 0 amide bonds. The summed E-state index contributed by atoms with van der Waals surface area (Å²) >= 11 is 0. The van der Waals surface area contributed by atoms with Crippen LogP contribution in [0, 0.1) is 11.8 Å². The van der Waals surface area contributed by atoms with Gasteiger partial charge < -0.3 is 20.4 Å². The van der Waals surface area contributed by atoms with Crippen molar-refractivity contribution in [3.63, 3.8) is 0 Å². The fourth-order valence-electron chi connectivity index (χ4n) is 3.98. The molecule has 32 heavy (non-hydrogen) atoms. The molecule has 0 spiro atoms. The van der Waals surface area contributed by atoms with Gasteiger partial charge in [-0.3, -0.25) is 19.2 Å². The highest BCUT2D eigenvalue weighted by atomic mass is 16.4. The molecule has 172 valence electrons. The Labute approximate surface area is 185 Å². The minimum atomic E-state index is -1.12. The van der Waals surface area contributed by atoms with E-state index < -0.39 is 48.6 Å². The van der Waals surface area contributed by atoms with Crippen LogP contribution in [-0.4, -0.2) is 44.3 Å². The molecule has 0 fully saturated rings. The van der Waals surface area contributed by atoms with Gasteiger partial charge in [0.05, 0.1) is 24.7 Å². The van der Waals surface area contributed by atoms with E-state index in [0.29, 0.717) is 25.7 Å². The van der Waals surface area contributed by atoms with Crippen molar-refractivity contribution in [1.29, 1.82) is 0 Å². The molecule has 0 aliphatic rings. The van der Waals surface area contributed by atoms with Crippen LogP contribution in [0.2, 0.25) is 0 Å². The maximum absolute atomic E-state index is 11.3. The monoisotopic (exact) mass is 444 g/mol. The first-order valence-corrected chi connectivity index (χ1v) is 10.6. The molecule has 8 nitrogen and oxygen atoms in total. The summed E-state index contributed by atoms with van der Waals surface area (Å²) in [5.41, 5.74) is 2.08. The third kappa shape index (κ3) is 7.37. The highest BCUT2D eigenvalue weighted by molar-refractivity contribution is 5.88. The number of aryl methyl sites for hydroxylation is 2. The lowest BCUT2D eigenvalue weighted by Gasteiger charge is -2.14. The van der Waals surface area contributed by atoms with Crippen LogP contribution in [0.4, 0.5) is 0 Å². The number of rotatable bonds is 14. The van der Waals surface area contributed by atoms with Crippen molar-refractivity contribution in [2.45, 2.75) is 51.4 Å². The summed E-state index contributed by atoms with van der Waals surface area (Å²) < 4.78 is 0. The van der Waals surface area contributed by atoms with Crippen LogP contribution in [-0.2, 0) is 32.0 Å². The van der Waals surface area contributed by atoms with Crippen molar-refractivity contribution >= 4 is 34.6 Å². The van der Waals surface area contributed by atoms with Crippen LogP contribution in [0.3, 0.4) is 0 Å². The van der Waals surface area contributed by atoms with Crippen molar-refractivity contribution in [3.05, 3.63) is 47.5 Å². The fourth-order valence-corrected chi connectivity index (χ4v) is 3.98. The molecular weight excluding hydrogens is 416 g/mol. The summed E-state index contributed by atoms with van der Waals surface area (Å²) in [5, 5.41) is 38.2. The smallest absolute Gasteiger partial charge is 0.307 e.